The van der Waals surface area contributed by atoms with Gasteiger partial charge in [-0.3, -0.25) is 0 Å². The molecule has 1 aromatic heterocycles. The molecule has 1 aliphatic heterocycles. The number of fused-ring (bicyclic) bond motifs is 8. The van der Waals surface area contributed by atoms with E-state index in [1.54, 1.807) is 0 Å². The zero-order valence-electron chi connectivity index (χ0n) is 34.8. The lowest BCUT2D eigenvalue weighted by atomic mass is 9.58. The molecule has 0 bridgehead atoms. The van der Waals surface area contributed by atoms with Crippen molar-refractivity contribution in [1.29, 1.82) is 0 Å². The van der Waals surface area contributed by atoms with Gasteiger partial charge in [0.15, 0.2) is 17.5 Å². The molecule has 8 aromatic carbocycles. The summed E-state index contributed by atoms with van der Waals surface area (Å²) in [6, 6.07) is 76.2. The Balaban J connectivity index is 0.998. The summed E-state index contributed by atoms with van der Waals surface area (Å²) in [7, 11) is 0. The number of rotatable bonds is 6. The van der Waals surface area contributed by atoms with Gasteiger partial charge < -0.3 is 4.90 Å². The molecule has 0 saturated carbocycles. The third-order valence-corrected chi connectivity index (χ3v) is 13.3. The molecule has 2 aliphatic carbocycles. The first kappa shape index (κ1) is 36.9. The maximum atomic E-state index is 5.14. The molecule has 4 nitrogen and oxygen atoms in total. The van der Waals surface area contributed by atoms with Crippen molar-refractivity contribution in [3.05, 3.63) is 258 Å². The van der Waals surface area contributed by atoms with Crippen molar-refractivity contribution < 1.29 is 0 Å². The molecule has 3 aliphatic rings. The van der Waals surface area contributed by atoms with Crippen LogP contribution in [0.1, 0.15) is 40.7 Å². The maximum Gasteiger partial charge on any atom is 0.164 e. The van der Waals surface area contributed by atoms with Gasteiger partial charge in [-0.15, -0.1) is 0 Å². The van der Waals surface area contributed by atoms with Crippen LogP contribution in [0.2, 0.25) is 0 Å². The Kier molecular flexibility index (Phi) is 8.72. The molecule has 12 rings (SSSR count). The summed E-state index contributed by atoms with van der Waals surface area (Å²) in [6.07, 6.45) is 4.81. The summed E-state index contributed by atoms with van der Waals surface area (Å²) in [5, 5.41) is 0. The van der Waals surface area contributed by atoms with E-state index in [4.69, 9.17) is 15.0 Å². The first-order chi connectivity index (χ1) is 31.2. The minimum Gasteiger partial charge on any atom is -0.310 e. The van der Waals surface area contributed by atoms with Crippen LogP contribution >= 0.6 is 0 Å². The van der Waals surface area contributed by atoms with Gasteiger partial charge in [-0.05, 0) is 80.3 Å². The fourth-order valence-corrected chi connectivity index (χ4v) is 10.5. The Bertz CT molecular complexity index is 3180. The van der Waals surface area contributed by atoms with Gasteiger partial charge in [0.2, 0.25) is 0 Å². The molecule has 9 aromatic rings. The highest BCUT2D eigenvalue weighted by Crippen LogP contribution is 2.66. The molecule has 2 unspecified atom stereocenters. The van der Waals surface area contributed by atoms with E-state index in [-0.39, 0.29) is 11.8 Å². The SMILES string of the molecule is CC1C=CC2=C(C1c1ccc(-c3nc(-c4ccccc4)nc(-c4ccc(-c5ccccc5)cc4)n3)cc1)C1(c3ccccc32)c2ccccc2N(c2ccccc2)c2ccccc21. The lowest BCUT2D eigenvalue weighted by Crippen LogP contribution is -2.39. The molecular formula is C59H42N4. The lowest BCUT2D eigenvalue weighted by molar-refractivity contribution is 0.546. The topological polar surface area (TPSA) is 41.9 Å². The molecule has 0 amide bonds. The Labute approximate surface area is 368 Å². The van der Waals surface area contributed by atoms with Crippen LogP contribution in [0.4, 0.5) is 17.1 Å². The summed E-state index contributed by atoms with van der Waals surface area (Å²) in [6.45, 7) is 2.37. The molecule has 0 radical (unpaired) electrons. The zero-order valence-corrected chi connectivity index (χ0v) is 34.8. The second kappa shape index (κ2) is 14.9. The molecule has 0 saturated heterocycles. The number of para-hydroxylation sites is 3. The summed E-state index contributed by atoms with van der Waals surface area (Å²) >= 11 is 0. The highest BCUT2D eigenvalue weighted by Gasteiger charge is 2.55. The van der Waals surface area contributed by atoms with E-state index in [2.05, 4.69) is 212 Å². The van der Waals surface area contributed by atoms with Gasteiger partial charge in [0.05, 0.1) is 16.8 Å². The molecule has 0 N–H and O–H groups in total. The molecule has 2 atom stereocenters. The van der Waals surface area contributed by atoms with Crippen molar-refractivity contribution in [2.45, 2.75) is 18.3 Å². The Morgan fingerprint density at radius 1 is 0.413 bits per heavy atom. The fourth-order valence-electron chi connectivity index (χ4n) is 10.5. The number of allylic oxidation sites excluding steroid dienone is 4. The number of hydrogen-bond acceptors (Lipinski definition) is 4. The molecular weight excluding hydrogens is 765 g/mol. The van der Waals surface area contributed by atoms with Crippen molar-refractivity contribution in [2.75, 3.05) is 4.90 Å². The summed E-state index contributed by atoms with van der Waals surface area (Å²) in [5.41, 5.74) is 17.5. The minimum atomic E-state index is -0.517. The van der Waals surface area contributed by atoms with Gasteiger partial charge in [0.1, 0.15) is 0 Å². The van der Waals surface area contributed by atoms with Crippen LogP contribution in [-0.2, 0) is 5.41 Å². The van der Waals surface area contributed by atoms with Gasteiger partial charge in [-0.25, -0.2) is 15.0 Å². The normalized spacial score (nSPS) is 16.6. The minimum absolute atomic E-state index is 0.0905. The Hall–Kier alpha value is -7.95. The third-order valence-electron chi connectivity index (χ3n) is 13.3. The molecule has 2 heterocycles. The average molecular weight is 807 g/mol. The number of hydrogen-bond donors (Lipinski definition) is 0. The second-order valence-corrected chi connectivity index (χ2v) is 16.8. The molecule has 1 spiro atoms. The smallest absolute Gasteiger partial charge is 0.164 e. The summed E-state index contributed by atoms with van der Waals surface area (Å²) in [5.74, 6) is 2.27. The van der Waals surface area contributed by atoms with Gasteiger partial charge in [-0.2, -0.15) is 0 Å². The molecule has 0 fully saturated rings. The average Bonchev–Trinajstić information content (AvgIpc) is 3.65. The fraction of sp³-hybridized carbons (Fsp3) is 0.0678. The number of nitrogens with zero attached hydrogens (tertiary/aromatic N) is 4. The summed E-state index contributed by atoms with van der Waals surface area (Å²) < 4.78 is 0. The number of aromatic nitrogens is 3. The van der Waals surface area contributed by atoms with Crippen molar-refractivity contribution >= 4 is 22.6 Å². The van der Waals surface area contributed by atoms with E-state index in [1.807, 2.05) is 24.3 Å². The standard InChI is InChI=1S/C59H42N4/c1-39-29-38-48-47-23-11-12-24-49(47)59(50-25-13-15-27-52(50)63(46-21-9-4-10-22-46)53-28-16-14-26-51(53)59)55(48)54(39)42-32-36-45(37-33-42)58-61-56(43-19-7-3-8-20-43)60-57(62-58)44-34-30-41(31-35-44)40-17-5-2-6-18-40/h2-39,54H,1H3. The van der Waals surface area contributed by atoms with Crippen molar-refractivity contribution in [1.82, 2.24) is 15.0 Å². The van der Waals surface area contributed by atoms with E-state index in [9.17, 15) is 0 Å². The van der Waals surface area contributed by atoms with Crippen molar-refractivity contribution in [3.8, 4) is 45.3 Å². The number of benzene rings is 8. The predicted molar refractivity (Wildman–Crippen MR) is 257 cm³/mol. The van der Waals surface area contributed by atoms with E-state index in [1.165, 1.54) is 55.9 Å². The van der Waals surface area contributed by atoms with E-state index in [0.29, 0.717) is 17.5 Å². The largest absolute Gasteiger partial charge is 0.310 e. The highest BCUT2D eigenvalue weighted by atomic mass is 15.2. The lowest BCUT2D eigenvalue weighted by Gasteiger charge is -2.48. The summed E-state index contributed by atoms with van der Waals surface area (Å²) in [4.78, 5) is 17.7. The van der Waals surface area contributed by atoms with Crippen LogP contribution in [0, 0.1) is 5.92 Å². The quantitative estimate of drug-likeness (QED) is 0.168. The van der Waals surface area contributed by atoms with E-state index >= 15 is 0 Å². The first-order valence-electron chi connectivity index (χ1n) is 21.8. The number of anilines is 3. The van der Waals surface area contributed by atoms with Crippen LogP contribution in [0.25, 0.3) is 50.9 Å². The Morgan fingerprint density at radius 3 is 1.43 bits per heavy atom. The van der Waals surface area contributed by atoms with Gasteiger partial charge >= 0.3 is 0 Å². The van der Waals surface area contributed by atoms with Crippen LogP contribution in [-0.4, -0.2) is 15.0 Å². The predicted octanol–water partition coefficient (Wildman–Crippen LogP) is 14.4. The van der Waals surface area contributed by atoms with Gasteiger partial charge in [0.25, 0.3) is 0 Å². The first-order valence-corrected chi connectivity index (χ1v) is 21.8. The van der Waals surface area contributed by atoms with Crippen molar-refractivity contribution in [3.63, 3.8) is 0 Å². The highest BCUT2D eigenvalue weighted by molar-refractivity contribution is 5.98. The molecule has 63 heavy (non-hydrogen) atoms. The van der Waals surface area contributed by atoms with Crippen LogP contribution in [0.15, 0.2) is 230 Å². The van der Waals surface area contributed by atoms with Crippen LogP contribution < -0.4 is 4.90 Å². The Morgan fingerprint density at radius 2 is 0.841 bits per heavy atom. The monoisotopic (exact) mass is 806 g/mol. The molecule has 298 valence electrons. The maximum absolute atomic E-state index is 5.14. The second-order valence-electron chi connectivity index (χ2n) is 16.8. The van der Waals surface area contributed by atoms with Crippen molar-refractivity contribution in [2.24, 2.45) is 5.92 Å². The third kappa shape index (κ3) is 5.86. The zero-order chi connectivity index (χ0) is 41.9. The molecule has 4 heteroatoms. The van der Waals surface area contributed by atoms with Crippen LogP contribution in [0.3, 0.4) is 0 Å². The van der Waals surface area contributed by atoms with E-state index < -0.39 is 5.41 Å². The van der Waals surface area contributed by atoms with E-state index in [0.717, 1.165) is 27.9 Å². The van der Waals surface area contributed by atoms with Crippen LogP contribution in [0.5, 0.6) is 0 Å². The van der Waals surface area contributed by atoms with Gasteiger partial charge in [-0.1, -0.05) is 207 Å². The van der Waals surface area contributed by atoms with Gasteiger partial charge in [0, 0.05) is 28.3 Å².